The average Bonchev–Trinajstić information content (AvgIpc) is 2.47. The molecule has 0 aliphatic heterocycles. The largest absolute Gasteiger partial charge is 0.328 e. The number of nitrogens with two attached hydrogens (primary N) is 1. The van der Waals surface area contributed by atoms with Gasteiger partial charge in [-0.1, -0.05) is 31.2 Å². The van der Waals surface area contributed by atoms with Crippen molar-refractivity contribution in [2.75, 3.05) is 6.54 Å². The predicted octanol–water partition coefficient (Wildman–Crippen LogP) is 1.99. The summed E-state index contributed by atoms with van der Waals surface area (Å²) >= 11 is 0. The van der Waals surface area contributed by atoms with Gasteiger partial charge in [0.15, 0.2) is 0 Å². The number of aromatic nitrogens is 2. The van der Waals surface area contributed by atoms with Gasteiger partial charge in [-0.25, -0.2) is 4.68 Å². The van der Waals surface area contributed by atoms with E-state index in [2.05, 4.69) is 24.2 Å². The van der Waals surface area contributed by atoms with Gasteiger partial charge in [0, 0.05) is 18.2 Å². The van der Waals surface area contributed by atoms with Crippen molar-refractivity contribution >= 4 is 0 Å². The molecule has 4 heteroatoms. The zero-order valence-corrected chi connectivity index (χ0v) is 11.3. The molecule has 0 aliphatic carbocycles. The van der Waals surface area contributed by atoms with Gasteiger partial charge in [0.05, 0.1) is 11.7 Å². The molecule has 1 unspecified atom stereocenters. The molecule has 4 nitrogen and oxygen atoms in total. The fraction of sp³-hybridized carbons (Fsp3) is 0.333. The van der Waals surface area contributed by atoms with Crippen LogP contribution in [0, 0.1) is 0 Å². The zero-order chi connectivity index (χ0) is 13.8. The second-order valence-corrected chi connectivity index (χ2v) is 4.64. The highest BCUT2D eigenvalue weighted by atomic mass is 16.1. The first-order chi connectivity index (χ1) is 9.15. The molecule has 0 amide bonds. The van der Waals surface area contributed by atoms with Gasteiger partial charge in [0.1, 0.15) is 0 Å². The van der Waals surface area contributed by atoms with E-state index in [-0.39, 0.29) is 11.6 Å². The standard InChI is InChI=1S/C15H19N3O/c1-3-12-4-6-13(7-5-12)14-8-9-15(19)18(17-14)11(2)10-16/h4-9,11H,3,10,16H2,1-2H3. The predicted molar refractivity (Wildman–Crippen MR) is 77.1 cm³/mol. The SMILES string of the molecule is CCc1ccc(-c2ccc(=O)n(C(C)CN)n2)cc1. The normalized spacial score (nSPS) is 12.4. The minimum atomic E-state index is -0.119. The van der Waals surface area contributed by atoms with Crippen molar-refractivity contribution in [2.45, 2.75) is 26.3 Å². The maximum Gasteiger partial charge on any atom is 0.267 e. The van der Waals surface area contributed by atoms with E-state index in [1.165, 1.54) is 10.2 Å². The third-order valence-electron chi connectivity index (χ3n) is 3.24. The summed E-state index contributed by atoms with van der Waals surface area (Å²) in [7, 11) is 0. The van der Waals surface area contributed by atoms with Crippen LogP contribution in [-0.2, 0) is 6.42 Å². The first-order valence-corrected chi connectivity index (χ1v) is 6.55. The quantitative estimate of drug-likeness (QED) is 0.911. The number of hydrogen-bond donors (Lipinski definition) is 1. The van der Waals surface area contributed by atoms with E-state index in [1.807, 2.05) is 19.1 Å². The Hall–Kier alpha value is -1.94. The lowest BCUT2D eigenvalue weighted by molar-refractivity contribution is 0.477. The Morgan fingerprint density at radius 2 is 1.89 bits per heavy atom. The lowest BCUT2D eigenvalue weighted by Crippen LogP contribution is -2.29. The van der Waals surface area contributed by atoms with E-state index in [0.29, 0.717) is 6.54 Å². The van der Waals surface area contributed by atoms with Crippen LogP contribution < -0.4 is 11.3 Å². The van der Waals surface area contributed by atoms with Crippen LogP contribution in [-0.4, -0.2) is 16.3 Å². The Kier molecular flexibility index (Phi) is 4.12. The average molecular weight is 257 g/mol. The molecule has 2 N–H and O–H groups in total. The van der Waals surface area contributed by atoms with Gasteiger partial charge < -0.3 is 5.73 Å². The van der Waals surface area contributed by atoms with Crippen LogP contribution in [0.5, 0.6) is 0 Å². The summed E-state index contributed by atoms with van der Waals surface area (Å²) in [4.78, 5) is 11.7. The molecule has 1 aromatic carbocycles. The van der Waals surface area contributed by atoms with Crippen LogP contribution in [0.2, 0.25) is 0 Å². The van der Waals surface area contributed by atoms with Gasteiger partial charge in [-0.05, 0) is 25.0 Å². The first-order valence-electron chi connectivity index (χ1n) is 6.55. The molecule has 1 heterocycles. The van der Waals surface area contributed by atoms with Crippen molar-refractivity contribution in [3.63, 3.8) is 0 Å². The van der Waals surface area contributed by atoms with Gasteiger partial charge >= 0.3 is 0 Å². The molecular weight excluding hydrogens is 238 g/mol. The third-order valence-corrected chi connectivity index (χ3v) is 3.24. The van der Waals surface area contributed by atoms with E-state index >= 15 is 0 Å². The van der Waals surface area contributed by atoms with Gasteiger partial charge in [-0.15, -0.1) is 0 Å². The van der Waals surface area contributed by atoms with Gasteiger partial charge in [-0.3, -0.25) is 4.79 Å². The summed E-state index contributed by atoms with van der Waals surface area (Å²) in [6.07, 6.45) is 1.01. The van der Waals surface area contributed by atoms with Crippen LogP contribution in [0.4, 0.5) is 0 Å². The number of hydrogen-bond acceptors (Lipinski definition) is 3. The van der Waals surface area contributed by atoms with Gasteiger partial charge in [-0.2, -0.15) is 5.10 Å². The zero-order valence-electron chi connectivity index (χ0n) is 11.3. The second-order valence-electron chi connectivity index (χ2n) is 4.64. The van der Waals surface area contributed by atoms with Crippen molar-refractivity contribution < 1.29 is 0 Å². The number of rotatable bonds is 4. The Bertz CT molecular complexity index is 602. The number of aryl methyl sites for hydroxylation is 1. The Labute approximate surface area is 112 Å². The molecule has 0 fully saturated rings. The van der Waals surface area contributed by atoms with Crippen LogP contribution in [0.25, 0.3) is 11.3 Å². The number of benzene rings is 1. The van der Waals surface area contributed by atoms with Crippen LogP contribution in [0.1, 0.15) is 25.5 Å². The summed E-state index contributed by atoms with van der Waals surface area (Å²) < 4.78 is 1.45. The monoisotopic (exact) mass is 257 g/mol. The van der Waals surface area contributed by atoms with Crippen LogP contribution >= 0.6 is 0 Å². The highest BCUT2D eigenvalue weighted by molar-refractivity contribution is 5.58. The number of nitrogens with zero attached hydrogens (tertiary/aromatic N) is 2. The molecule has 100 valence electrons. The van der Waals surface area contributed by atoms with Crippen molar-refractivity contribution in [1.29, 1.82) is 0 Å². The third kappa shape index (κ3) is 2.90. The van der Waals surface area contributed by atoms with Crippen molar-refractivity contribution in [3.05, 3.63) is 52.3 Å². The van der Waals surface area contributed by atoms with Crippen LogP contribution in [0.3, 0.4) is 0 Å². The molecule has 2 aromatic rings. The van der Waals surface area contributed by atoms with E-state index in [4.69, 9.17) is 5.73 Å². The molecule has 0 aliphatic rings. The maximum absolute atomic E-state index is 11.7. The van der Waals surface area contributed by atoms with Gasteiger partial charge in [0.2, 0.25) is 0 Å². The van der Waals surface area contributed by atoms with E-state index in [1.54, 1.807) is 12.1 Å². The molecule has 0 bridgehead atoms. The van der Waals surface area contributed by atoms with Crippen LogP contribution in [0.15, 0.2) is 41.2 Å². The van der Waals surface area contributed by atoms with Gasteiger partial charge in [0.25, 0.3) is 5.56 Å². The highest BCUT2D eigenvalue weighted by Gasteiger charge is 2.08. The molecule has 0 radical (unpaired) electrons. The second kappa shape index (κ2) is 5.80. The minimum Gasteiger partial charge on any atom is -0.328 e. The summed E-state index contributed by atoms with van der Waals surface area (Å²) in [5.74, 6) is 0. The fourth-order valence-electron chi connectivity index (χ4n) is 1.91. The molecular formula is C15H19N3O. The molecule has 19 heavy (non-hydrogen) atoms. The molecule has 0 spiro atoms. The van der Waals surface area contributed by atoms with E-state index in [0.717, 1.165) is 17.7 Å². The summed E-state index contributed by atoms with van der Waals surface area (Å²) in [5.41, 5.74) is 8.57. The maximum atomic E-state index is 11.7. The summed E-state index contributed by atoms with van der Waals surface area (Å²) in [5, 5.41) is 4.39. The summed E-state index contributed by atoms with van der Waals surface area (Å²) in [6.45, 7) is 4.40. The Balaban J connectivity index is 2.42. The molecule has 1 atom stereocenters. The Morgan fingerprint density at radius 3 is 2.47 bits per heavy atom. The molecule has 2 rings (SSSR count). The summed E-state index contributed by atoms with van der Waals surface area (Å²) in [6, 6.07) is 11.4. The molecule has 0 saturated carbocycles. The fourth-order valence-corrected chi connectivity index (χ4v) is 1.91. The lowest BCUT2D eigenvalue weighted by atomic mass is 10.1. The Morgan fingerprint density at radius 1 is 1.21 bits per heavy atom. The van der Waals surface area contributed by atoms with E-state index < -0.39 is 0 Å². The first kappa shape index (κ1) is 13.5. The van der Waals surface area contributed by atoms with Crippen molar-refractivity contribution in [1.82, 2.24) is 9.78 Å². The topological polar surface area (TPSA) is 60.9 Å². The minimum absolute atomic E-state index is 0.0950. The molecule has 0 saturated heterocycles. The molecule has 1 aromatic heterocycles. The van der Waals surface area contributed by atoms with Crippen molar-refractivity contribution in [2.24, 2.45) is 5.73 Å². The van der Waals surface area contributed by atoms with Crippen molar-refractivity contribution in [3.8, 4) is 11.3 Å². The van der Waals surface area contributed by atoms with E-state index in [9.17, 15) is 4.79 Å². The highest BCUT2D eigenvalue weighted by Crippen LogP contribution is 2.17. The lowest BCUT2D eigenvalue weighted by Gasteiger charge is -2.12. The smallest absolute Gasteiger partial charge is 0.267 e.